The lowest BCUT2D eigenvalue weighted by molar-refractivity contribution is 0.0600. The minimum Gasteiger partial charge on any atom is -0.465 e. The van der Waals surface area contributed by atoms with E-state index in [1.807, 2.05) is 13.0 Å². The molecule has 0 atom stereocenters. The number of rotatable bonds is 3. The van der Waals surface area contributed by atoms with Gasteiger partial charge >= 0.3 is 5.97 Å². The largest absolute Gasteiger partial charge is 0.465 e. The summed E-state index contributed by atoms with van der Waals surface area (Å²) in [5.74, 6) is 0.203. The van der Waals surface area contributed by atoms with Gasteiger partial charge in [-0.3, -0.25) is 5.10 Å². The van der Waals surface area contributed by atoms with Crippen LogP contribution in [-0.4, -0.2) is 23.3 Å². The molecule has 1 fully saturated rings. The van der Waals surface area contributed by atoms with Crippen LogP contribution in [-0.2, 0) is 4.74 Å². The quantitative estimate of drug-likeness (QED) is 0.869. The number of nitrogens with one attached hydrogen (secondary N) is 1. The molecule has 21 heavy (non-hydrogen) atoms. The lowest BCUT2D eigenvalue weighted by Crippen LogP contribution is -2.13. The van der Waals surface area contributed by atoms with Crippen LogP contribution < -0.4 is 0 Å². The highest BCUT2D eigenvalue weighted by Gasteiger charge is 2.26. The molecule has 0 spiro atoms. The molecule has 1 aromatic heterocycles. The molecule has 1 aliphatic rings. The first-order chi connectivity index (χ1) is 10.1. The molecule has 110 valence electrons. The molecule has 0 saturated heterocycles. The average Bonchev–Trinajstić information content (AvgIpc) is 2.82. The number of hydrogen-bond donors (Lipinski definition) is 1. The van der Waals surface area contributed by atoms with E-state index in [2.05, 4.69) is 16.3 Å². The first-order valence-corrected chi connectivity index (χ1v) is 7.41. The lowest BCUT2D eigenvalue weighted by atomic mass is 9.76. The second-order valence-corrected chi connectivity index (χ2v) is 5.87. The second kappa shape index (κ2) is 5.53. The van der Waals surface area contributed by atoms with Crippen LogP contribution in [0.3, 0.4) is 0 Å². The molecular formula is C16H17ClN2O2. The number of aryl methyl sites for hydroxylation is 1. The van der Waals surface area contributed by atoms with Gasteiger partial charge < -0.3 is 4.74 Å². The van der Waals surface area contributed by atoms with Gasteiger partial charge in [0.05, 0.1) is 29.6 Å². The number of ether oxygens (including phenoxy) is 1. The van der Waals surface area contributed by atoms with Crippen LogP contribution in [0.2, 0.25) is 5.02 Å². The number of carbonyl (C=O) groups excluding carboxylic acids is 1. The van der Waals surface area contributed by atoms with Gasteiger partial charge in [-0.15, -0.1) is 0 Å². The molecule has 3 rings (SSSR count). The molecule has 4 nitrogen and oxygen atoms in total. The first-order valence-electron chi connectivity index (χ1n) is 7.04. The third-order valence-corrected chi connectivity index (χ3v) is 4.50. The Morgan fingerprint density at radius 2 is 2.19 bits per heavy atom. The highest BCUT2D eigenvalue weighted by atomic mass is 35.5. The zero-order valence-electron chi connectivity index (χ0n) is 12.1. The van der Waals surface area contributed by atoms with E-state index in [9.17, 15) is 4.79 Å². The minimum absolute atomic E-state index is 0.329. The number of carbonyl (C=O) groups is 1. The smallest absolute Gasteiger partial charge is 0.338 e. The zero-order valence-corrected chi connectivity index (χ0v) is 12.8. The topological polar surface area (TPSA) is 55.0 Å². The van der Waals surface area contributed by atoms with Gasteiger partial charge in [0, 0.05) is 5.56 Å². The summed E-state index contributed by atoms with van der Waals surface area (Å²) >= 11 is 6.21. The van der Waals surface area contributed by atoms with Crippen molar-refractivity contribution in [3.8, 4) is 11.3 Å². The number of methoxy groups -OCH3 is 1. The van der Waals surface area contributed by atoms with Crippen molar-refractivity contribution in [2.45, 2.75) is 32.1 Å². The maximum absolute atomic E-state index is 11.9. The van der Waals surface area contributed by atoms with Crippen LogP contribution >= 0.6 is 11.6 Å². The Morgan fingerprint density at radius 1 is 1.43 bits per heavy atom. The van der Waals surface area contributed by atoms with Crippen LogP contribution in [0.1, 0.15) is 46.7 Å². The Kier molecular flexibility index (Phi) is 3.72. The fourth-order valence-corrected chi connectivity index (χ4v) is 2.99. The molecule has 2 aromatic rings. The summed E-state index contributed by atoms with van der Waals surface area (Å²) in [6, 6.07) is 3.96. The van der Waals surface area contributed by atoms with E-state index in [0.29, 0.717) is 16.5 Å². The van der Waals surface area contributed by atoms with Crippen LogP contribution in [0.15, 0.2) is 18.3 Å². The van der Waals surface area contributed by atoms with Crippen LogP contribution in [0.5, 0.6) is 0 Å². The first kappa shape index (κ1) is 14.1. The Balaban J connectivity index is 2.18. The summed E-state index contributed by atoms with van der Waals surface area (Å²) < 4.78 is 4.86. The highest BCUT2D eigenvalue weighted by molar-refractivity contribution is 6.33. The van der Waals surface area contributed by atoms with Gasteiger partial charge in [-0.05, 0) is 42.9 Å². The Morgan fingerprint density at radius 3 is 2.71 bits per heavy atom. The van der Waals surface area contributed by atoms with E-state index in [1.165, 1.54) is 31.9 Å². The molecular weight excluding hydrogens is 288 g/mol. The molecule has 0 aliphatic heterocycles. The average molecular weight is 305 g/mol. The van der Waals surface area contributed by atoms with Gasteiger partial charge in [-0.1, -0.05) is 24.1 Å². The highest BCUT2D eigenvalue weighted by Crippen LogP contribution is 2.43. The number of benzene rings is 1. The number of esters is 1. The van der Waals surface area contributed by atoms with Gasteiger partial charge in [0.25, 0.3) is 0 Å². The third-order valence-electron chi connectivity index (χ3n) is 4.21. The normalized spacial score (nSPS) is 14.8. The maximum Gasteiger partial charge on any atom is 0.338 e. The third kappa shape index (κ3) is 2.44. The second-order valence-electron chi connectivity index (χ2n) is 5.47. The van der Waals surface area contributed by atoms with Crippen molar-refractivity contribution in [3.63, 3.8) is 0 Å². The van der Waals surface area contributed by atoms with Crippen molar-refractivity contribution in [1.29, 1.82) is 0 Å². The van der Waals surface area contributed by atoms with Crippen LogP contribution in [0.4, 0.5) is 0 Å². The minimum atomic E-state index is -0.329. The van der Waals surface area contributed by atoms with Crippen molar-refractivity contribution >= 4 is 17.6 Å². The van der Waals surface area contributed by atoms with Gasteiger partial charge in [-0.25, -0.2) is 4.79 Å². The lowest BCUT2D eigenvalue weighted by Gasteiger charge is -2.28. The van der Waals surface area contributed by atoms with Gasteiger partial charge in [0.15, 0.2) is 0 Å². The predicted molar refractivity (Wildman–Crippen MR) is 81.7 cm³/mol. The molecule has 0 unspecified atom stereocenters. The fourth-order valence-electron chi connectivity index (χ4n) is 2.79. The van der Waals surface area contributed by atoms with Crippen molar-refractivity contribution in [3.05, 3.63) is 40.0 Å². The summed E-state index contributed by atoms with van der Waals surface area (Å²) in [6.45, 7) is 1.94. The molecule has 5 heteroatoms. The van der Waals surface area contributed by atoms with Crippen molar-refractivity contribution in [1.82, 2.24) is 10.2 Å². The number of aromatic nitrogens is 2. The van der Waals surface area contributed by atoms with E-state index in [-0.39, 0.29) is 5.97 Å². The fraction of sp³-hybridized carbons (Fsp3) is 0.375. The summed E-state index contributed by atoms with van der Waals surface area (Å²) in [4.78, 5) is 11.9. The number of halogens is 1. The summed E-state index contributed by atoms with van der Waals surface area (Å²) in [5, 5.41) is 7.49. The summed E-state index contributed by atoms with van der Waals surface area (Å²) in [5.41, 5.74) is 4.46. The van der Waals surface area contributed by atoms with E-state index in [0.717, 1.165) is 16.8 Å². The van der Waals surface area contributed by atoms with Crippen molar-refractivity contribution < 1.29 is 9.53 Å². The predicted octanol–water partition coefficient (Wildman–Crippen LogP) is 4.09. The molecule has 0 amide bonds. The standard InChI is InChI=1S/C16H17ClN2O2/c1-9-6-12(10-4-3-5-10)13(7-11(9)16(20)21-2)15-14(17)8-18-19-15/h6-8,10H,3-5H2,1-2H3,(H,18,19). The summed E-state index contributed by atoms with van der Waals surface area (Å²) in [7, 11) is 1.39. The van der Waals surface area contributed by atoms with E-state index in [4.69, 9.17) is 16.3 Å². The number of H-pyrrole nitrogens is 1. The van der Waals surface area contributed by atoms with Crippen LogP contribution in [0.25, 0.3) is 11.3 Å². The van der Waals surface area contributed by atoms with Crippen molar-refractivity contribution in [2.75, 3.05) is 7.11 Å². The summed E-state index contributed by atoms with van der Waals surface area (Å²) in [6.07, 6.45) is 5.18. The molecule has 1 saturated carbocycles. The Hall–Kier alpha value is -1.81. The molecule has 1 heterocycles. The van der Waals surface area contributed by atoms with Gasteiger partial charge in [-0.2, -0.15) is 5.10 Å². The number of nitrogens with zero attached hydrogens (tertiary/aromatic N) is 1. The maximum atomic E-state index is 11.9. The van der Waals surface area contributed by atoms with Gasteiger partial charge in [0.2, 0.25) is 0 Å². The number of hydrogen-bond acceptors (Lipinski definition) is 3. The SMILES string of the molecule is COC(=O)c1cc(-c2[nH]ncc2Cl)c(C2CCC2)cc1C. The molecule has 0 bridgehead atoms. The van der Waals surface area contributed by atoms with E-state index >= 15 is 0 Å². The van der Waals surface area contributed by atoms with Crippen LogP contribution in [0, 0.1) is 6.92 Å². The molecule has 0 radical (unpaired) electrons. The molecule has 1 N–H and O–H groups in total. The zero-order chi connectivity index (χ0) is 15.0. The molecule has 1 aliphatic carbocycles. The van der Waals surface area contributed by atoms with E-state index in [1.54, 1.807) is 6.20 Å². The Labute approximate surface area is 128 Å². The van der Waals surface area contributed by atoms with Gasteiger partial charge in [0.1, 0.15) is 0 Å². The Bertz CT molecular complexity index is 690. The van der Waals surface area contributed by atoms with E-state index < -0.39 is 0 Å². The number of aromatic amines is 1. The molecule has 1 aromatic carbocycles. The van der Waals surface area contributed by atoms with Crippen molar-refractivity contribution in [2.24, 2.45) is 0 Å². The monoisotopic (exact) mass is 304 g/mol.